The first-order valence-electron chi connectivity index (χ1n) is 43.9. The third-order valence-corrected chi connectivity index (χ3v) is 24.3. The Balaban J connectivity index is 0.000000167. The number of hydrogen-bond donors (Lipinski definition) is 0. The first-order chi connectivity index (χ1) is 63.5. The Hall–Kier alpha value is -16.8. The maximum Gasteiger partial charge on any atom is 0.0468 e. The van der Waals surface area contributed by atoms with E-state index in [-0.39, 0.29) is 0 Å². The monoisotopic (exact) mass is 1630 g/mol. The van der Waals surface area contributed by atoms with Crippen LogP contribution in [-0.2, 0) is 0 Å². The number of benzene rings is 21. The maximum absolute atomic E-state index is 2.45. The first-order valence-corrected chi connectivity index (χ1v) is 43.9. The van der Waals surface area contributed by atoms with Gasteiger partial charge in [0.1, 0.15) is 0 Å². The van der Waals surface area contributed by atoms with E-state index in [1.165, 1.54) is 134 Å². The van der Waals surface area contributed by atoms with Gasteiger partial charge in [-0.1, -0.05) is 473 Å². The predicted molar refractivity (Wildman–Crippen MR) is 544 cm³/mol. The van der Waals surface area contributed by atoms with Crippen LogP contribution >= 0.6 is 0 Å². The van der Waals surface area contributed by atoms with Gasteiger partial charge >= 0.3 is 0 Å². The maximum atomic E-state index is 2.45. The molecule has 0 radical (unpaired) electrons. The van der Waals surface area contributed by atoms with Gasteiger partial charge in [0, 0.05) is 34.1 Å². The summed E-state index contributed by atoms with van der Waals surface area (Å²) >= 11 is 0. The molecule has 2 heteroatoms. The van der Waals surface area contributed by atoms with Crippen LogP contribution in [0.1, 0.15) is 0 Å². The van der Waals surface area contributed by atoms with Crippen LogP contribution in [0.5, 0.6) is 0 Å². The molecule has 128 heavy (non-hydrogen) atoms. The van der Waals surface area contributed by atoms with Crippen LogP contribution in [0.4, 0.5) is 34.1 Å². The average molecular weight is 1630 g/mol. The molecule has 0 unspecified atom stereocenters. The van der Waals surface area contributed by atoms with Crippen LogP contribution in [0.25, 0.3) is 167 Å². The van der Waals surface area contributed by atoms with Gasteiger partial charge < -0.3 is 9.80 Å². The quantitative estimate of drug-likeness (QED) is 0.0707. The highest BCUT2D eigenvalue weighted by Gasteiger charge is 2.24. The fourth-order valence-electron chi connectivity index (χ4n) is 17.6. The molecule has 0 spiro atoms. The minimum Gasteiger partial charge on any atom is -0.310 e. The van der Waals surface area contributed by atoms with Crippen LogP contribution in [0.2, 0.25) is 0 Å². The van der Waals surface area contributed by atoms with E-state index in [0.717, 1.165) is 67.5 Å². The molecule has 21 rings (SSSR count). The zero-order chi connectivity index (χ0) is 85.6. The second-order valence-electron chi connectivity index (χ2n) is 32.2. The van der Waals surface area contributed by atoms with Crippen molar-refractivity contribution in [2.45, 2.75) is 0 Å². The van der Waals surface area contributed by atoms with Crippen molar-refractivity contribution in [3.8, 4) is 167 Å². The smallest absolute Gasteiger partial charge is 0.0468 e. The van der Waals surface area contributed by atoms with Gasteiger partial charge in [0.25, 0.3) is 0 Å². The number of rotatable bonds is 21. The largest absolute Gasteiger partial charge is 0.310 e. The van der Waals surface area contributed by atoms with Gasteiger partial charge in [-0.15, -0.1) is 0 Å². The zero-order valence-electron chi connectivity index (χ0n) is 70.9. The highest BCUT2D eigenvalue weighted by molar-refractivity contribution is 5.97. The summed E-state index contributed by atoms with van der Waals surface area (Å²) in [6, 6.07) is 197. The van der Waals surface area contributed by atoms with Crippen molar-refractivity contribution in [2.75, 3.05) is 9.80 Å². The molecule has 0 N–H and O–H groups in total. The van der Waals surface area contributed by atoms with Gasteiger partial charge in [-0.2, -0.15) is 0 Å². The molecule has 0 bridgehead atoms. The van der Waals surface area contributed by atoms with E-state index in [1.807, 2.05) is 0 Å². The summed E-state index contributed by atoms with van der Waals surface area (Å²) < 4.78 is 0. The van der Waals surface area contributed by atoms with Crippen LogP contribution in [-0.4, -0.2) is 0 Å². The first kappa shape index (κ1) is 79.7. The molecule has 21 aromatic carbocycles. The van der Waals surface area contributed by atoms with Crippen molar-refractivity contribution >= 4 is 34.1 Å². The van der Waals surface area contributed by atoms with Crippen LogP contribution in [0.15, 0.2) is 546 Å². The topological polar surface area (TPSA) is 6.48 Å². The van der Waals surface area contributed by atoms with Gasteiger partial charge in [-0.05, 0) is 240 Å². The normalized spacial score (nSPS) is 11.0. The Bertz CT molecular complexity index is 6760. The lowest BCUT2D eigenvalue weighted by Crippen LogP contribution is -2.11. The van der Waals surface area contributed by atoms with Gasteiger partial charge in [-0.25, -0.2) is 0 Å². The predicted octanol–water partition coefficient (Wildman–Crippen LogP) is 35.3. The Morgan fingerprint density at radius 2 is 0.188 bits per heavy atom. The molecular formula is C126H90N2. The Kier molecular flexibility index (Phi) is 23.4. The molecule has 0 aliphatic heterocycles. The van der Waals surface area contributed by atoms with Gasteiger partial charge in [0.05, 0.1) is 0 Å². The molecule has 0 atom stereocenters. The summed E-state index contributed by atoms with van der Waals surface area (Å²) in [5.41, 5.74) is 41.9. The lowest BCUT2D eigenvalue weighted by molar-refractivity contribution is 1.28. The van der Waals surface area contributed by atoms with Crippen molar-refractivity contribution in [3.05, 3.63) is 546 Å². The zero-order valence-corrected chi connectivity index (χ0v) is 70.9. The SMILES string of the molecule is c1ccc(-c2ccc(-c3cc(N(c4ccc(-c5ccccc5)c(-c5ccc(-c6ccccc6)cc5)c4)c4ccc(-c5ccccc5)c(-c5ccc(-c6ccccc6)cc5)c4)ccc3-c3ccccc3)cc2)cc1.c1ccc(-c2ccc(-c3ccc(N(c4ccc(-c5ccccc5)cc4)c4ccc(-c5ccccc5)cc4)cc3-c3ccc(-c4ccccc4)cc3)cc2)cc1. The fraction of sp³-hybridized carbons (Fsp3) is 0. The van der Waals surface area contributed by atoms with Crippen LogP contribution in [0.3, 0.4) is 0 Å². The Labute approximate surface area is 751 Å². The highest BCUT2D eigenvalue weighted by atomic mass is 15.1. The van der Waals surface area contributed by atoms with E-state index in [1.54, 1.807) is 0 Å². The second kappa shape index (κ2) is 37.5. The minimum atomic E-state index is 1.05. The molecule has 0 saturated heterocycles. The molecule has 0 aliphatic rings. The molecule has 0 fully saturated rings. The minimum absolute atomic E-state index is 1.05. The average Bonchev–Trinajstić information content (AvgIpc) is 0.760. The summed E-state index contributed by atoms with van der Waals surface area (Å²) in [5, 5.41) is 0. The van der Waals surface area contributed by atoms with E-state index < -0.39 is 0 Å². The second-order valence-corrected chi connectivity index (χ2v) is 32.2. The molecule has 0 aliphatic carbocycles. The molecule has 0 saturated carbocycles. The third kappa shape index (κ3) is 17.6. The Morgan fingerprint density at radius 1 is 0.0781 bits per heavy atom. The molecule has 604 valence electrons. The molecule has 0 heterocycles. The van der Waals surface area contributed by atoms with Crippen LogP contribution in [0, 0.1) is 0 Å². The van der Waals surface area contributed by atoms with Gasteiger partial charge in [0.2, 0.25) is 0 Å². The lowest BCUT2D eigenvalue weighted by Gasteiger charge is -2.29. The summed E-state index contributed by atoms with van der Waals surface area (Å²) in [7, 11) is 0. The summed E-state index contributed by atoms with van der Waals surface area (Å²) in [6.45, 7) is 0. The number of anilines is 6. The lowest BCUT2D eigenvalue weighted by atomic mass is 9.90. The van der Waals surface area contributed by atoms with Crippen molar-refractivity contribution < 1.29 is 0 Å². The van der Waals surface area contributed by atoms with Crippen molar-refractivity contribution in [3.63, 3.8) is 0 Å². The molecule has 0 aromatic heterocycles. The van der Waals surface area contributed by atoms with E-state index >= 15 is 0 Å². The van der Waals surface area contributed by atoms with Crippen LogP contribution < -0.4 is 9.80 Å². The fourth-order valence-corrected chi connectivity index (χ4v) is 17.6. The van der Waals surface area contributed by atoms with Gasteiger partial charge in [0.15, 0.2) is 0 Å². The molecule has 0 amide bonds. The van der Waals surface area contributed by atoms with E-state index in [9.17, 15) is 0 Å². The van der Waals surface area contributed by atoms with Gasteiger partial charge in [-0.3, -0.25) is 0 Å². The van der Waals surface area contributed by atoms with E-state index in [2.05, 4.69) is 556 Å². The van der Waals surface area contributed by atoms with Crippen molar-refractivity contribution in [2.24, 2.45) is 0 Å². The molecular weight excluding hydrogens is 1540 g/mol. The summed E-state index contributed by atoms with van der Waals surface area (Å²) in [6.07, 6.45) is 0. The summed E-state index contributed by atoms with van der Waals surface area (Å²) in [5.74, 6) is 0. The third-order valence-electron chi connectivity index (χ3n) is 24.3. The summed E-state index contributed by atoms with van der Waals surface area (Å²) in [4.78, 5) is 4.82. The standard InChI is InChI=1S/C72H51N.C54H39N/c1-7-19-52(20-8-1)55-31-37-61(38-32-55)70-49-64(43-46-67(70)58-25-13-4-14-26-58)73(65-44-47-68(59-27-15-5-16-28-59)71(50-65)62-39-33-56(34-40-62)53-21-9-2-10-22-53)66-45-48-69(60-29-17-6-18-30-60)72(51-66)63-41-35-57(36-42-63)54-23-11-3-12-24-54;1-5-13-40(14-6-1)44-21-25-48(26-22-44)53-38-37-52(39-54(53)49-27-23-45(24-28-49)41-15-7-2-8-16-41)55(50-33-29-46(30-34-50)42-17-9-3-10-18-42)51-35-31-47(32-36-51)43-19-11-4-12-20-43/h1-51H;1-39H. The van der Waals surface area contributed by atoms with Crippen molar-refractivity contribution in [1.29, 1.82) is 0 Å². The highest BCUT2D eigenvalue weighted by Crippen LogP contribution is 2.49. The Morgan fingerprint density at radius 3 is 0.359 bits per heavy atom. The molecule has 2 nitrogen and oxygen atoms in total. The molecule has 21 aromatic rings. The van der Waals surface area contributed by atoms with E-state index in [4.69, 9.17) is 0 Å². The van der Waals surface area contributed by atoms with Crippen molar-refractivity contribution in [1.82, 2.24) is 0 Å². The number of hydrogen-bond acceptors (Lipinski definition) is 2. The van der Waals surface area contributed by atoms with E-state index in [0.29, 0.717) is 0 Å². The number of nitrogens with zero attached hydrogens (tertiary/aromatic N) is 2.